The average Bonchev–Trinajstić information content (AvgIpc) is 2.25. The minimum atomic E-state index is -0.622. The van der Waals surface area contributed by atoms with E-state index in [1.165, 1.54) is 0 Å². The molecule has 0 aromatic carbocycles. The second kappa shape index (κ2) is 11.7. The van der Waals surface area contributed by atoms with Crippen molar-refractivity contribution in [3.8, 4) is 0 Å². The van der Waals surface area contributed by atoms with Crippen LogP contribution in [0.15, 0.2) is 23.8 Å². The van der Waals surface area contributed by atoms with E-state index in [1.807, 2.05) is 51.3 Å². The summed E-state index contributed by atoms with van der Waals surface area (Å²) in [4.78, 5) is 10.5. The lowest BCUT2D eigenvalue weighted by atomic mass is 10.3. The first-order valence-electron chi connectivity index (χ1n) is 4.62. The Morgan fingerprint density at radius 3 is 2.50 bits per heavy atom. The van der Waals surface area contributed by atoms with Gasteiger partial charge in [-0.05, 0) is 19.4 Å². The first-order chi connectivity index (χ1) is 6.70. The molecule has 4 heteroatoms. The van der Waals surface area contributed by atoms with E-state index in [0.29, 0.717) is 0 Å². The molecule has 0 atom stereocenters. The first-order valence-corrected chi connectivity index (χ1v) is 4.62. The fraction of sp³-hybridized carbons (Fsp3) is 0.500. The summed E-state index contributed by atoms with van der Waals surface area (Å²) in [6, 6.07) is 0. The number of nitrogens with two attached hydrogens (primary N) is 1. The maximum Gasteiger partial charge on any atom is 0.421 e. The molecule has 0 saturated heterocycles. The third-order valence-corrected chi connectivity index (χ3v) is 1.12. The third kappa shape index (κ3) is 10.7. The maximum absolute atomic E-state index is 10.5. The molecule has 0 unspecified atom stereocenters. The number of hydrogen-bond acceptors (Lipinski definition) is 3. The van der Waals surface area contributed by atoms with Crippen molar-refractivity contribution in [3.05, 3.63) is 23.8 Å². The van der Waals surface area contributed by atoms with Gasteiger partial charge >= 0.3 is 6.09 Å². The summed E-state index contributed by atoms with van der Waals surface area (Å²) < 4.78 is 4.67. The van der Waals surface area contributed by atoms with Gasteiger partial charge in [-0.25, -0.2) is 10.6 Å². The lowest BCUT2D eigenvalue weighted by Gasteiger charge is -2.02. The van der Waals surface area contributed by atoms with Gasteiger partial charge < -0.3 is 4.74 Å². The number of amides is 1. The van der Waals surface area contributed by atoms with Crippen LogP contribution in [0.2, 0.25) is 0 Å². The van der Waals surface area contributed by atoms with Crippen LogP contribution < -0.4 is 11.3 Å². The van der Waals surface area contributed by atoms with Crippen molar-refractivity contribution >= 4 is 6.09 Å². The zero-order chi connectivity index (χ0) is 11.4. The Hall–Kier alpha value is -1.29. The van der Waals surface area contributed by atoms with Crippen LogP contribution in [-0.2, 0) is 4.74 Å². The highest BCUT2D eigenvalue weighted by Crippen LogP contribution is 1.94. The molecule has 0 aromatic heterocycles. The number of nitrogens with one attached hydrogen (secondary N) is 1. The summed E-state index contributed by atoms with van der Waals surface area (Å²) >= 11 is 0. The van der Waals surface area contributed by atoms with Crippen molar-refractivity contribution in [2.45, 2.75) is 27.7 Å². The summed E-state index contributed by atoms with van der Waals surface area (Å²) in [6.45, 7) is 8.04. The molecule has 0 aromatic rings. The molecule has 1 amide bonds. The van der Waals surface area contributed by atoms with E-state index in [9.17, 15) is 4.79 Å². The molecule has 0 saturated carbocycles. The van der Waals surface area contributed by atoms with Gasteiger partial charge in [-0.2, -0.15) is 0 Å². The van der Waals surface area contributed by atoms with Gasteiger partial charge in [0.2, 0.25) is 0 Å². The van der Waals surface area contributed by atoms with Gasteiger partial charge in [-0.15, -0.1) is 0 Å². The summed E-state index contributed by atoms with van der Waals surface area (Å²) in [5.41, 5.74) is 2.83. The summed E-state index contributed by atoms with van der Waals surface area (Å²) in [7, 11) is 0. The summed E-state index contributed by atoms with van der Waals surface area (Å²) in [5, 5.41) is 0. The van der Waals surface area contributed by atoms with Crippen LogP contribution in [0, 0.1) is 0 Å². The highest BCUT2D eigenvalue weighted by atomic mass is 16.5. The first kappa shape index (κ1) is 15.2. The Morgan fingerprint density at radius 1 is 1.50 bits per heavy atom. The number of hydrazine groups is 1. The third-order valence-electron chi connectivity index (χ3n) is 1.12. The molecule has 0 aliphatic heterocycles. The van der Waals surface area contributed by atoms with Crippen molar-refractivity contribution < 1.29 is 9.53 Å². The van der Waals surface area contributed by atoms with E-state index in [4.69, 9.17) is 5.84 Å². The summed E-state index contributed by atoms with van der Waals surface area (Å²) in [5.74, 6) is 4.80. The van der Waals surface area contributed by atoms with Gasteiger partial charge in [0, 0.05) is 0 Å². The maximum atomic E-state index is 10.5. The van der Waals surface area contributed by atoms with E-state index in [2.05, 4.69) is 4.74 Å². The summed E-state index contributed by atoms with van der Waals surface area (Å²) in [6.07, 6.45) is 5.01. The van der Waals surface area contributed by atoms with Crippen LogP contribution in [0.4, 0.5) is 4.79 Å². The average molecular weight is 200 g/mol. The molecule has 0 aliphatic rings. The van der Waals surface area contributed by atoms with Gasteiger partial charge in [0.05, 0.1) is 0 Å². The monoisotopic (exact) mass is 200 g/mol. The Balaban J connectivity index is 0. The number of carbonyl (C=O) groups is 1. The molecule has 4 nitrogen and oxygen atoms in total. The van der Waals surface area contributed by atoms with Crippen molar-refractivity contribution in [2.24, 2.45) is 5.84 Å². The zero-order valence-electron chi connectivity index (χ0n) is 9.33. The van der Waals surface area contributed by atoms with Gasteiger partial charge in [-0.1, -0.05) is 32.1 Å². The largest absolute Gasteiger partial charge is 0.444 e. The highest BCUT2D eigenvalue weighted by molar-refractivity contribution is 5.66. The van der Waals surface area contributed by atoms with Crippen molar-refractivity contribution in [1.82, 2.24) is 5.43 Å². The van der Waals surface area contributed by atoms with Gasteiger partial charge in [0.15, 0.2) is 0 Å². The number of allylic oxidation sites excluding steroid dienone is 3. The van der Waals surface area contributed by atoms with Crippen molar-refractivity contribution in [1.29, 1.82) is 0 Å². The van der Waals surface area contributed by atoms with E-state index in [0.717, 1.165) is 5.57 Å². The number of hydrogen-bond donors (Lipinski definition) is 2. The van der Waals surface area contributed by atoms with E-state index < -0.39 is 6.09 Å². The van der Waals surface area contributed by atoms with E-state index >= 15 is 0 Å². The van der Waals surface area contributed by atoms with Gasteiger partial charge in [0.1, 0.15) is 6.61 Å². The van der Waals surface area contributed by atoms with Crippen LogP contribution in [0.25, 0.3) is 0 Å². The Kier molecular flexibility index (Phi) is 12.7. The standard InChI is InChI=1S/C8H14N2O2.C2H6/c1-3-4-5-7(2)6-12-8(11)10-9;1-2/h3-5H,6,9H2,1-2H3,(H,10,11);1-2H3/b4-3-,7-5+;. The van der Waals surface area contributed by atoms with Gasteiger partial charge in [-0.3, -0.25) is 5.43 Å². The van der Waals surface area contributed by atoms with E-state index in [1.54, 1.807) is 0 Å². The molecule has 3 N–H and O–H groups in total. The molecule has 82 valence electrons. The lowest BCUT2D eigenvalue weighted by Crippen LogP contribution is -2.31. The SMILES string of the molecule is C/C=C\C=C(/C)COC(=O)NN.CC. The fourth-order valence-electron chi connectivity index (χ4n) is 0.530. The molecule has 14 heavy (non-hydrogen) atoms. The molecule has 0 bridgehead atoms. The van der Waals surface area contributed by atoms with Crippen LogP contribution in [0.3, 0.4) is 0 Å². The molecule has 0 fully saturated rings. The topological polar surface area (TPSA) is 64.3 Å². The smallest absolute Gasteiger partial charge is 0.421 e. The lowest BCUT2D eigenvalue weighted by molar-refractivity contribution is 0.156. The van der Waals surface area contributed by atoms with Crippen LogP contribution in [-0.4, -0.2) is 12.7 Å². The van der Waals surface area contributed by atoms with Crippen LogP contribution in [0.1, 0.15) is 27.7 Å². The predicted molar refractivity (Wildman–Crippen MR) is 58.6 cm³/mol. The van der Waals surface area contributed by atoms with Crippen molar-refractivity contribution in [3.63, 3.8) is 0 Å². The molecular formula is C10H20N2O2. The fourth-order valence-corrected chi connectivity index (χ4v) is 0.530. The number of rotatable bonds is 3. The second-order valence-electron chi connectivity index (χ2n) is 2.26. The molecular weight excluding hydrogens is 180 g/mol. The molecule has 0 radical (unpaired) electrons. The van der Waals surface area contributed by atoms with Gasteiger partial charge in [0.25, 0.3) is 0 Å². The second-order valence-corrected chi connectivity index (χ2v) is 2.26. The highest BCUT2D eigenvalue weighted by Gasteiger charge is 1.96. The molecule has 0 aliphatic carbocycles. The van der Waals surface area contributed by atoms with Crippen LogP contribution in [0.5, 0.6) is 0 Å². The quantitative estimate of drug-likeness (QED) is 0.317. The minimum absolute atomic E-state index is 0.257. The predicted octanol–water partition coefficient (Wildman–Crippen LogP) is 2.13. The number of ether oxygens (including phenoxy) is 1. The molecule has 0 spiro atoms. The zero-order valence-corrected chi connectivity index (χ0v) is 9.33. The number of carbonyl (C=O) groups excluding carboxylic acids is 1. The Labute approximate surface area is 85.8 Å². The molecule has 0 rings (SSSR count). The molecule has 0 heterocycles. The van der Waals surface area contributed by atoms with Crippen LogP contribution >= 0.6 is 0 Å². The minimum Gasteiger partial charge on any atom is -0.444 e. The van der Waals surface area contributed by atoms with E-state index in [-0.39, 0.29) is 6.61 Å². The Morgan fingerprint density at radius 2 is 2.07 bits per heavy atom. The van der Waals surface area contributed by atoms with Crippen molar-refractivity contribution in [2.75, 3.05) is 6.61 Å². The normalized spacial score (nSPS) is 10.5. The Bertz CT molecular complexity index is 198.